The standard InChI is InChI=1S/C25H25F5N6O3Si/c1-40(2,3)10-9-38-14-36-13-16(25(28,29)30)21-19(6-8-31-23(21)36)39-22-17(26)11-15(12-18(22)27)33-24(37)34-20-5-4-7-32-35-20/h4-8,11-13H,9-10,14H2,1-3H3,(H2,33,34,35,37). The number of pyridine rings is 1. The van der Waals surface area contributed by atoms with Gasteiger partial charge >= 0.3 is 12.2 Å². The van der Waals surface area contributed by atoms with Gasteiger partial charge in [0.05, 0.1) is 10.9 Å². The Morgan fingerprint density at radius 1 is 1.07 bits per heavy atom. The van der Waals surface area contributed by atoms with Crippen LogP contribution in [0.25, 0.3) is 11.0 Å². The summed E-state index contributed by atoms with van der Waals surface area (Å²) in [5.74, 6) is -3.85. The van der Waals surface area contributed by atoms with Crippen molar-refractivity contribution in [2.24, 2.45) is 0 Å². The molecule has 0 saturated heterocycles. The zero-order valence-electron chi connectivity index (χ0n) is 21.6. The molecule has 1 aromatic carbocycles. The van der Waals surface area contributed by atoms with Crippen molar-refractivity contribution in [3.8, 4) is 11.5 Å². The second-order valence-electron chi connectivity index (χ2n) is 9.93. The lowest BCUT2D eigenvalue weighted by Crippen LogP contribution is -2.22. The van der Waals surface area contributed by atoms with Gasteiger partial charge in [-0.25, -0.2) is 18.6 Å². The van der Waals surface area contributed by atoms with E-state index in [-0.39, 0.29) is 23.9 Å². The Labute approximate surface area is 226 Å². The quantitative estimate of drug-likeness (QED) is 0.127. The lowest BCUT2D eigenvalue weighted by molar-refractivity contribution is -0.136. The molecule has 0 bridgehead atoms. The number of rotatable bonds is 9. The summed E-state index contributed by atoms with van der Waals surface area (Å²) >= 11 is 0. The number of ether oxygens (including phenoxy) is 2. The van der Waals surface area contributed by atoms with Gasteiger partial charge in [-0.1, -0.05) is 19.6 Å². The summed E-state index contributed by atoms with van der Waals surface area (Å²) in [4.78, 5) is 16.1. The first-order valence-electron chi connectivity index (χ1n) is 12.0. The van der Waals surface area contributed by atoms with Crippen molar-refractivity contribution >= 4 is 36.6 Å². The van der Waals surface area contributed by atoms with E-state index >= 15 is 0 Å². The van der Waals surface area contributed by atoms with Crippen LogP contribution in [0, 0.1) is 11.6 Å². The van der Waals surface area contributed by atoms with E-state index in [4.69, 9.17) is 9.47 Å². The number of carbonyl (C=O) groups is 1. The molecule has 0 radical (unpaired) electrons. The number of halogens is 5. The lowest BCUT2D eigenvalue weighted by Gasteiger charge is -2.15. The van der Waals surface area contributed by atoms with E-state index in [1.165, 1.54) is 29.1 Å². The van der Waals surface area contributed by atoms with Crippen LogP contribution in [-0.4, -0.2) is 40.5 Å². The second-order valence-corrected chi connectivity index (χ2v) is 15.5. The smallest absolute Gasteiger partial charge is 0.418 e. The Morgan fingerprint density at radius 3 is 2.42 bits per heavy atom. The minimum absolute atomic E-state index is 0.0939. The van der Waals surface area contributed by atoms with Gasteiger partial charge in [0.2, 0.25) is 0 Å². The maximum atomic E-state index is 14.9. The van der Waals surface area contributed by atoms with E-state index < -0.39 is 54.4 Å². The molecule has 0 aliphatic rings. The van der Waals surface area contributed by atoms with Gasteiger partial charge in [-0.05, 0) is 24.2 Å². The Morgan fingerprint density at radius 2 is 1.80 bits per heavy atom. The number of hydrogen-bond donors (Lipinski definition) is 2. The Balaban J connectivity index is 1.59. The molecule has 0 aliphatic heterocycles. The van der Waals surface area contributed by atoms with Crippen molar-refractivity contribution in [2.75, 3.05) is 17.2 Å². The molecule has 0 saturated carbocycles. The highest BCUT2D eigenvalue weighted by Crippen LogP contribution is 2.42. The molecule has 40 heavy (non-hydrogen) atoms. The maximum Gasteiger partial charge on any atom is 0.418 e. The number of urea groups is 1. The number of nitrogens with one attached hydrogen (secondary N) is 2. The normalized spacial score (nSPS) is 12.0. The molecular weight excluding hydrogens is 555 g/mol. The predicted molar refractivity (Wildman–Crippen MR) is 140 cm³/mol. The summed E-state index contributed by atoms with van der Waals surface area (Å²) in [6.07, 6.45) is -1.43. The molecule has 2 amide bonds. The molecule has 212 valence electrons. The molecule has 4 rings (SSSR count). The van der Waals surface area contributed by atoms with Crippen LogP contribution in [0.3, 0.4) is 0 Å². The largest absolute Gasteiger partial charge is 0.450 e. The van der Waals surface area contributed by atoms with Crippen LogP contribution in [0.2, 0.25) is 25.7 Å². The third kappa shape index (κ3) is 7.09. The van der Waals surface area contributed by atoms with Crippen molar-refractivity contribution < 1.29 is 36.2 Å². The second kappa shape index (κ2) is 11.6. The number of alkyl halides is 3. The first-order chi connectivity index (χ1) is 18.8. The average Bonchev–Trinajstić information content (AvgIpc) is 3.24. The highest BCUT2D eigenvalue weighted by Gasteiger charge is 2.37. The third-order valence-electron chi connectivity index (χ3n) is 5.53. The molecular formula is C25H25F5N6O3Si. The molecule has 2 N–H and O–H groups in total. The summed E-state index contributed by atoms with van der Waals surface area (Å²) < 4.78 is 83.7. The molecule has 4 aromatic rings. The molecule has 0 spiro atoms. The number of benzene rings is 1. The first-order valence-corrected chi connectivity index (χ1v) is 15.7. The summed E-state index contributed by atoms with van der Waals surface area (Å²) in [5.41, 5.74) is -1.50. The third-order valence-corrected chi connectivity index (χ3v) is 7.24. The minimum Gasteiger partial charge on any atom is -0.450 e. The average molecular weight is 581 g/mol. The van der Waals surface area contributed by atoms with Crippen LogP contribution in [0.1, 0.15) is 5.56 Å². The van der Waals surface area contributed by atoms with E-state index in [2.05, 4.69) is 45.5 Å². The Bertz CT molecular complexity index is 1490. The number of hydrogen-bond acceptors (Lipinski definition) is 6. The number of carbonyl (C=O) groups excluding carboxylic acids is 1. The molecule has 3 heterocycles. The fraction of sp³-hybridized carbons (Fsp3) is 0.280. The van der Waals surface area contributed by atoms with Gasteiger partial charge in [0, 0.05) is 51.1 Å². The van der Waals surface area contributed by atoms with Gasteiger partial charge in [-0.2, -0.15) is 18.3 Å². The molecule has 0 aliphatic carbocycles. The summed E-state index contributed by atoms with van der Waals surface area (Å²) in [6, 6.07) is 5.52. The van der Waals surface area contributed by atoms with Crippen molar-refractivity contribution in [2.45, 2.75) is 38.6 Å². The fourth-order valence-corrected chi connectivity index (χ4v) is 4.37. The van der Waals surface area contributed by atoms with Gasteiger partial charge in [0.25, 0.3) is 0 Å². The van der Waals surface area contributed by atoms with Gasteiger partial charge in [0.15, 0.2) is 23.2 Å². The summed E-state index contributed by atoms with van der Waals surface area (Å²) in [7, 11) is -1.42. The number of aromatic nitrogens is 4. The minimum atomic E-state index is -4.82. The van der Waals surface area contributed by atoms with Gasteiger partial charge < -0.3 is 19.4 Å². The van der Waals surface area contributed by atoms with Crippen LogP contribution in [-0.2, 0) is 17.6 Å². The molecule has 0 unspecified atom stereocenters. The van der Waals surface area contributed by atoms with E-state index in [0.29, 0.717) is 6.61 Å². The monoisotopic (exact) mass is 580 g/mol. The lowest BCUT2D eigenvalue weighted by atomic mass is 10.2. The summed E-state index contributed by atoms with van der Waals surface area (Å²) in [5, 5.41) is 11.3. The molecule has 3 aromatic heterocycles. The van der Waals surface area contributed by atoms with Crippen molar-refractivity contribution in [1.29, 1.82) is 0 Å². The van der Waals surface area contributed by atoms with Gasteiger partial charge in [-0.3, -0.25) is 5.32 Å². The number of amides is 2. The molecule has 0 atom stereocenters. The van der Waals surface area contributed by atoms with Gasteiger partial charge in [0.1, 0.15) is 18.1 Å². The highest BCUT2D eigenvalue weighted by molar-refractivity contribution is 6.76. The van der Waals surface area contributed by atoms with Crippen LogP contribution < -0.4 is 15.4 Å². The van der Waals surface area contributed by atoms with E-state index in [9.17, 15) is 26.7 Å². The van der Waals surface area contributed by atoms with Gasteiger partial charge in [-0.15, -0.1) is 5.10 Å². The zero-order valence-corrected chi connectivity index (χ0v) is 22.6. The van der Waals surface area contributed by atoms with Crippen molar-refractivity contribution in [1.82, 2.24) is 19.7 Å². The fourth-order valence-electron chi connectivity index (χ4n) is 3.61. The van der Waals surface area contributed by atoms with E-state index in [0.717, 1.165) is 30.4 Å². The number of nitrogens with zero attached hydrogens (tertiary/aromatic N) is 4. The van der Waals surface area contributed by atoms with Crippen molar-refractivity contribution in [3.05, 3.63) is 66.1 Å². The molecule has 15 heteroatoms. The number of fused-ring (bicyclic) bond motifs is 1. The Kier molecular flexibility index (Phi) is 8.34. The zero-order chi connectivity index (χ0) is 29.1. The molecule has 9 nitrogen and oxygen atoms in total. The maximum absolute atomic E-state index is 14.9. The van der Waals surface area contributed by atoms with Crippen LogP contribution in [0.5, 0.6) is 11.5 Å². The van der Waals surface area contributed by atoms with E-state index in [1.807, 2.05) is 0 Å². The Hall–Kier alpha value is -4.11. The predicted octanol–water partition coefficient (Wildman–Crippen LogP) is 6.87. The van der Waals surface area contributed by atoms with E-state index in [1.54, 1.807) is 0 Å². The van der Waals surface area contributed by atoms with Crippen LogP contribution >= 0.6 is 0 Å². The topological polar surface area (TPSA) is 103 Å². The SMILES string of the molecule is C[Si](C)(C)CCOCn1cc(C(F)(F)F)c2c(Oc3c(F)cc(NC(=O)Nc4cccnn4)cc3F)ccnc21. The summed E-state index contributed by atoms with van der Waals surface area (Å²) in [6.45, 7) is 6.59. The van der Waals surface area contributed by atoms with Crippen LogP contribution in [0.4, 0.5) is 38.3 Å². The first kappa shape index (κ1) is 28.9. The highest BCUT2D eigenvalue weighted by atomic mass is 28.3. The van der Waals surface area contributed by atoms with Crippen LogP contribution in [0.15, 0.2) is 48.9 Å². The van der Waals surface area contributed by atoms with Crippen molar-refractivity contribution in [3.63, 3.8) is 0 Å². The number of anilines is 2. The molecule has 0 fully saturated rings.